The van der Waals surface area contributed by atoms with E-state index in [0.29, 0.717) is 37.4 Å². The molecule has 24 heavy (non-hydrogen) atoms. The zero-order valence-electron chi connectivity index (χ0n) is 13.9. The molecule has 0 bridgehead atoms. The van der Waals surface area contributed by atoms with Gasteiger partial charge >= 0.3 is 0 Å². The van der Waals surface area contributed by atoms with Gasteiger partial charge in [-0.3, -0.25) is 9.59 Å². The number of carbonyl (C=O) groups excluding carboxylic acids is 2. The van der Waals surface area contributed by atoms with Crippen LogP contribution in [0.3, 0.4) is 0 Å². The van der Waals surface area contributed by atoms with Crippen molar-refractivity contribution in [1.82, 2.24) is 10.6 Å². The van der Waals surface area contributed by atoms with Gasteiger partial charge in [-0.1, -0.05) is 12.8 Å². The molecule has 1 aliphatic rings. The molecule has 1 aromatic rings. The van der Waals surface area contributed by atoms with Gasteiger partial charge in [0, 0.05) is 24.6 Å². The van der Waals surface area contributed by atoms with Crippen molar-refractivity contribution in [3.8, 4) is 0 Å². The number of amides is 2. The summed E-state index contributed by atoms with van der Waals surface area (Å²) < 4.78 is 12.8. The van der Waals surface area contributed by atoms with E-state index < -0.39 is 0 Å². The fourth-order valence-corrected chi connectivity index (χ4v) is 3.11. The van der Waals surface area contributed by atoms with E-state index in [1.807, 2.05) is 0 Å². The third-order valence-corrected chi connectivity index (χ3v) is 4.53. The molecule has 0 aromatic heterocycles. The number of benzene rings is 1. The van der Waals surface area contributed by atoms with Crippen LogP contribution in [-0.2, 0) is 4.79 Å². The van der Waals surface area contributed by atoms with Crippen molar-refractivity contribution in [2.75, 3.05) is 13.1 Å². The maximum absolute atomic E-state index is 12.8. The second kappa shape index (κ2) is 9.37. The molecule has 1 aliphatic carbocycles. The highest BCUT2D eigenvalue weighted by atomic mass is 19.1. The molecule has 4 N–H and O–H groups in total. The maximum Gasteiger partial charge on any atom is 0.251 e. The highest BCUT2D eigenvalue weighted by Crippen LogP contribution is 2.23. The van der Waals surface area contributed by atoms with E-state index in [9.17, 15) is 14.0 Å². The van der Waals surface area contributed by atoms with E-state index >= 15 is 0 Å². The van der Waals surface area contributed by atoms with Crippen LogP contribution in [0, 0.1) is 11.7 Å². The van der Waals surface area contributed by atoms with Crippen molar-refractivity contribution in [1.29, 1.82) is 0 Å². The van der Waals surface area contributed by atoms with Gasteiger partial charge in [-0.15, -0.1) is 0 Å². The Morgan fingerprint density at radius 1 is 1.17 bits per heavy atom. The first-order valence-electron chi connectivity index (χ1n) is 8.63. The van der Waals surface area contributed by atoms with Crippen LogP contribution < -0.4 is 16.4 Å². The van der Waals surface area contributed by atoms with Gasteiger partial charge in [0.05, 0.1) is 0 Å². The molecule has 2 amide bonds. The van der Waals surface area contributed by atoms with E-state index in [4.69, 9.17) is 5.73 Å². The van der Waals surface area contributed by atoms with Crippen molar-refractivity contribution in [2.24, 2.45) is 11.7 Å². The van der Waals surface area contributed by atoms with Gasteiger partial charge in [0.1, 0.15) is 5.82 Å². The highest BCUT2D eigenvalue weighted by Gasteiger charge is 2.24. The van der Waals surface area contributed by atoms with Crippen LogP contribution in [0.25, 0.3) is 0 Å². The Kier molecular flexibility index (Phi) is 7.18. The van der Waals surface area contributed by atoms with Gasteiger partial charge in [-0.25, -0.2) is 4.39 Å². The quantitative estimate of drug-likeness (QED) is 0.666. The lowest BCUT2D eigenvalue weighted by molar-refractivity contribution is -0.122. The van der Waals surface area contributed by atoms with Gasteiger partial charge < -0.3 is 16.4 Å². The minimum atomic E-state index is -0.373. The zero-order valence-corrected chi connectivity index (χ0v) is 13.9. The topological polar surface area (TPSA) is 84.2 Å². The summed E-state index contributed by atoms with van der Waals surface area (Å²) in [6.07, 6.45) is 5.33. The molecule has 0 radical (unpaired) electrons. The number of nitrogens with one attached hydrogen (secondary N) is 2. The maximum atomic E-state index is 12.8. The minimum absolute atomic E-state index is 0.0105. The van der Waals surface area contributed by atoms with Gasteiger partial charge in [0.15, 0.2) is 0 Å². The third-order valence-electron chi connectivity index (χ3n) is 4.53. The van der Waals surface area contributed by atoms with Crippen LogP contribution in [0.1, 0.15) is 48.9 Å². The molecule has 1 aromatic carbocycles. The number of carbonyl (C=O) groups is 2. The summed E-state index contributed by atoms with van der Waals surface area (Å²) in [4.78, 5) is 23.9. The van der Waals surface area contributed by atoms with Crippen molar-refractivity contribution >= 4 is 11.8 Å². The van der Waals surface area contributed by atoms with Gasteiger partial charge in [0.25, 0.3) is 5.91 Å². The Hall–Kier alpha value is -1.95. The average molecular weight is 335 g/mol. The average Bonchev–Trinajstić information content (AvgIpc) is 2.59. The molecule has 0 spiro atoms. The van der Waals surface area contributed by atoms with Gasteiger partial charge in [0.2, 0.25) is 5.91 Å². The van der Waals surface area contributed by atoms with Crippen LogP contribution >= 0.6 is 0 Å². The Bertz CT molecular complexity index is 548. The lowest BCUT2D eigenvalue weighted by Crippen LogP contribution is -2.44. The van der Waals surface area contributed by atoms with Crippen molar-refractivity contribution < 1.29 is 14.0 Å². The molecule has 0 heterocycles. The molecule has 1 fully saturated rings. The van der Waals surface area contributed by atoms with E-state index in [1.165, 1.54) is 30.7 Å². The number of nitrogens with two attached hydrogens (primary N) is 1. The number of hydrogen-bond donors (Lipinski definition) is 3. The Labute approximate surface area is 142 Å². The van der Waals surface area contributed by atoms with Gasteiger partial charge in [-0.05, 0) is 56.0 Å². The lowest BCUT2D eigenvalue weighted by Gasteiger charge is -2.31. The van der Waals surface area contributed by atoms with E-state index in [-0.39, 0.29) is 23.7 Å². The number of hydrogen-bond acceptors (Lipinski definition) is 3. The first-order valence-corrected chi connectivity index (χ1v) is 8.63. The number of halogens is 1. The van der Waals surface area contributed by atoms with Crippen LogP contribution in [0.4, 0.5) is 4.39 Å². The fourth-order valence-electron chi connectivity index (χ4n) is 3.11. The molecule has 0 saturated heterocycles. The molecule has 0 aliphatic heterocycles. The Balaban J connectivity index is 1.65. The monoisotopic (exact) mass is 335 g/mol. The molecule has 2 rings (SSSR count). The van der Waals surface area contributed by atoms with Crippen molar-refractivity contribution in [3.05, 3.63) is 35.6 Å². The second-order valence-corrected chi connectivity index (χ2v) is 6.32. The summed E-state index contributed by atoms with van der Waals surface area (Å²) in [7, 11) is 0. The molecular formula is C18H26FN3O2. The molecule has 132 valence electrons. The van der Waals surface area contributed by atoms with E-state index in [1.54, 1.807) is 0 Å². The molecular weight excluding hydrogens is 309 g/mol. The standard InChI is InChI=1S/C18H26FN3O2/c19-15-9-7-13(8-10-15)18(24)21-11-3-6-17(23)22-16-5-2-1-4-14(16)12-20/h7-10,14,16H,1-6,11-12,20H2,(H,21,24)(H,22,23). The minimum Gasteiger partial charge on any atom is -0.353 e. The smallest absolute Gasteiger partial charge is 0.251 e. The molecule has 2 atom stereocenters. The molecule has 1 saturated carbocycles. The molecule has 5 nitrogen and oxygen atoms in total. The summed E-state index contributed by atoms with van der Waals surface area (Å²) in [6, 6.07) is 5.56. The SMILES string of the molecule is NCC1CCCCC1NC(=O)CCCNC(=O)c1ccc(F)cc1. The molecule has 2 unspecified atom stereocenters. The van der Waals surface area contributed by atoms with Crippen molar-refractivity contribution in [2.45, 2.75) is 44.6 Å². The summed E-state index contributed by atoms with van der Waals surface area (Å²) in [6.45, 7) is 1.02. The Morgan fingerprint density at radius 3 is 2.58 bits per heavy atom. The van der Waals surface area contributed by atoms with E-state index in [0.717, 1.165) is 19.3 Å². The largest absolute Gasteiger partial charge is 0.353 e. The third kappa shape index (κ3) is 5.60. The normalized spacial score (nSPS) is 20.4. The van der Waals surface area contributed by atoms with Crippen LogP contribution in [-0.4, -0.2) is 30.9 Å². The molecule has 6 heteroatoms. The van der Waals surface area contributed by atoms with Crippen LogP contribution in [0.15, 0.2) is 24.3 Å². The Morgan fingerprint density at radius 2 is 1.88 bits per heavy atom. The van der Waals surface area contributed by atoms with E-state index in [2.05, 4.69) is 10.6 Å². The number of rotatable bonds is 7. The predicted molar refractivity (Wildman–Crippen MR) is 90.9 cm³/mol. The second-order valence-electron chi connectivity index (χ2n) is 6.32. The van der Waals surface area contributed by atoms with Crippen LogP contribution in [0.5, 0.6) is 0 Å². The predicted octanol–water partition coefficient (Wildman–Crippen LogP) is 1.97. The highest BCUT2D eigenvalue weighted by molar-refractivity contribution is 5.94. The van der Waals surface area contributed by atoms with Gasteiger partial charge in [-0.2, -0.15) is 0 Å². The van der Waals surface area contributed by atoms with Crippen molar-refractivity contribution in [3.63, 3.8) is 0 Å². The summed E-state index contributed by atoms with van der Waals surface area (Å²) in [5.74, 6) is -0.245. The first-order chi connectivity index (χ1) is 11.6. The summed E-state index contributed by atoms with van der Waals surface area (Å²) >= 11 is 0. The van der Waals surface area contributed by atoms with Crippen LogP contribution in [0.2, 0.25) is 0 Å². The fraction of sp³-hybridized carbons (Fsp3) is 0.556. The lowest BCUT2D eigenvalue weighted by atomic mass is 9.84. The summed E-state index contributed by atoms with van der Waals surface area (Å²) in [5, 5.41) is 5.81. The zero-order chi connectivity index (χ0) is 17.4. The first kappa shape index (κ1) is 18.4. The summed E-state index contributed by atoms with van der Waals surface area (Å²) in [5.41, 5.74) is 6.18.